The molecule has 2 N–H and O–H groups in total. The van der Waals surface area contributed by atoms with Crippen molar-refractivity contribution in [1.29, 1.82) is 0 Å². The summed E-state index contributed by atoms with van der Waals surface area (Å²) in [5, 5.41) is 14.6. The number of para-hydroxylation sites is 1. The molecule has 0 saturated carbocycles. The number of carbonyl (C=O) groups excluding carboxylic acids is 1. The molecular weight excluding hydrogens is 434 g/mol. The maximum absolute atomic E-state index is 12.6. The van der Waals surface area contributed by atoms with Gasteiger partial charge in [0.25, 0.3) is 21.6 Å². The van der Waals surface area contributed by atoms with Crippen LogP contribution in [-0.2, 0) is 10.0 Å². The summed E-state index contributed by atoms with van der Waals surface area (Å²) in [6.45, 7) is 1.53. The number of nitrogens with zero attached hydrogens (tertiary/aromatic N) is 1. The van der Waals surface area contributed by atoms with E-state index in [0.717, 1.165) is 11.5 Å². The van der Waals surface area contributed by atoms with Crippen molar-refractivity contribution < 1.29 is 22.6 Å². The summed E-state index contributed by atoms with van der Waals surface area (Å²) in [7, 11) is -4.04. The summed E-state index contributed by atoms with van der Waals surface area (Å²) in [6, 6.07) is 18.5. The Bertz CT molecular complexity index is 1410. The molecule has 0 fully saturated rings. The molecule has 32 heavy (non-hydrogen) atoms. The van der Waals surface area contributed by atoms with E-state index >= 15 is 0 Å². The van der Waals surface area contributed by atoms with Gasteiger partial charge in [-0.3, -0.25) is 19.6 Å². The second kappa shape index (κ2) is 8.16. The van der Waals surface area contributed by atoms with Gasteiger partial charge in [0.05, 0.1) is 9.82 Å². The highest BCUT2D eigenvalue weighted by Crippen LogP contribution is 2.25. The third kappa shape index (κ3) is 4.30. The highest BCUT2D eigenvalue weighted by Gasteiger charge is 2.20. The summed E-state index contributed by atoms with van der Waals surface area (Å²) in [5.74, 6) is -0.293. The SMILES string of the molecule is Cc1ccc(S(=O)(=O)Nc2ccc(NC(=O)c3cc4ccccc4o3)cc2)cc1[N+](=O)[O-]. The zero-order valence-electron chi connectivity index (χ0n) is 16.7. The van der Waals surface area contributed by atoms with Crippen molar-refractivity contribution in [2.45, 2.75) is 11.8 Å². The summed E-state index contributed by atoms with van der Waals surface area (Å²) in [6.07, 6.45) is 0. The van der Waals surface area contributed by atoms with Crippen LogP contribution in [0.25, 0.3) is 11.0 Å². The predicted molar refractivity (Wildman–Crippen MR) is 119 cm³/mol. The van der Waals surface area contributed by atoms with Crippen molar-refractivity contribution in [3.05, 3.63) is 94.2 Å². The number of carbonyl (C=O) groups is 1. The summed E-state index contributed by atoms with van der Waals surface area (Å²) in [5.41, 5.74) is 1.34. The van der Waals surface area contributed by atoms with Crippen LogP contribution in [0.5, 0.6) is 0 Å². The highest BCUT2D eigenvalue weighted by molar-refractivity contribution is 7.92. The lowest BCUT2D eigenvalue weighted by Gasteiger charge is -2.10. The smallest absolute Gasteiger partial charge is 0.291 e. The first-order valence-electron chi connectivity index (χ1n) is 9.41. The lowest BCUT2D eigenvalue weighted by molar-refractivity contribution is -0.385. The lowest BCUT2D eigenvalue weighted by atomic mass is 10.2. The van der Waals surface area contributed by atoms with Crippen molar-refractivity contribution in [1.82, 2.24) is 0 Å². The molecule has 1 heterocycles. The highest BCUT2D eigenvalue weighted by atomic mass is 32.2. The van der Waals surface area contributed by atoms with Crippen LogP contribution >= 0.6 is 0 Å². The van der Waals surface area contributed by atoms with E-state index in [0.29, 0.717) is 16.8 Å². The minimum Gasteiger partial charge on any atom is -0.451 e. The van der Waals surface area contributed by atoms with Crippen molar-refractivity contribution in [2.75, 3.05) is 10.0 Å². The Hall–Kier alpha value is -4.18. The van der Waals surface area contributed by atoms with Crippen molar-refractivity contribution in [3.63, 3.8) is 0 Å². The van der Waals surface area contributed by atoms with E-state index in [1.165, 1.54) is 43.3 Å². The molecule has 0 atom stereocenters. The predicted octanol–water partition coefficient (Wildman–Crippen LogP) is 4.70. The van der Waals surface area contributed by atoms with Crippen molar-refractivity contribution in [3.8, 4) is 0 Å². The topological polar surface area (TPSA) is 132 Å². The van der Waals surface area contributed by atoms with Crippen molar-refractivity contribution in [2.24, 2.45) is 0 Å². The fourth-order valence-electron chi connectivity index (χ4n) is 3.08. The van der Waals surface area contributed by atoms with Gasteiger partial charge in [0, 0.05) is 28.4 Å². The number of sulfonamides is 1. The molecule has 9 nitrogen and oxygen atoms in total. The summed E-state index contributed by atoms with van der Waals surface area (Å²) in [4.78, 5) is 22.7. The van der Waals surface area contributed by atoms with Gasteiger partial charge in [0.1, 0.15) is 5.58 Å². The first-order valence-corrected chi connectivity index (χ1v) is 10.9. The molecule has 0 saturated heterocycles. The molecule has 1 aromatic heterocycles. The number of nitrogens with one attached hydrogen (secondary N) is 2. The molecule has 4 rings (SSSR count). The molecule has 0 aliphatic carbocycles. The third-order valence-corrected chi connectivity index (χ3v) is 6.11. The van der Waals surface area contributed by atoms with Gasteiger partial charge >= 0.3 is 0 Å². The molecule has 0 aliphatic rings. The molecule has 162 valence electrons. The average Bonchev–Trinajstić information content (AvgIpc) is 3.19. The number of nitro benzene ring substituents is 1. The number of nitro groups is 1. The Labute approximate surface area is 182 Å². The molecule has 1 amide bonds. The fourth-order valence-corrected chi connectivity index (χ4v) is 4.15. The van der Waals surface area contributed by atoms with Gasteiger partial charge in [-0.05, 0) is 49.4 Å². The molecule has 3 aromatic carbocycles. The van der Waals surface area contributed by atoms with E-state index in [9.17, 15) is 23.3 Å². The van der Waals surface area contributed by atoms with Crippen LogP contribution in [0.4, 0.5) is 17.1 Å². The molecule has 10 heteroatoms. The monoisotopic (exact) mass is 451 g/mol. The van der Waals surface area contributed by atoms with Gasteiger partial charge in [-0.15, -0.1) is 0 Å². The van der Waals surface area contributed by atoms with Crippen LogP contribution in [0.2, 0.25) is 0 Å². The number of aryl methyl sites for hydroxylation is 1. The molecule has 0 radical (unpaired) electrons. The van der Waals surface area contributed by atoms with E-state index in [1.807, 2.05) is 18.2 Å². The normalized spacial score (nSPS) is 11.3. The van der Waals surface area contributed by atoms with Crippen LogP contribution in [-0.4, -0.2) is 19.2 Å². The van der Waals surface area contributed by atoms with E-state index in [2.05, 4.69) is 10.0 Å². The Balaban J connectivity index is 1.48. The standard InChI is InChI=1S/C22H17N3O6S/c1-14-6-11-18(13-19(14)25(27)28)32(29,30)24-17-9-7-16(8-10-17)23-22(26)21-12-15-4-2-3-5-20(15)31-21/h2-13,24H,1H3,(H,23,26). The number of benzene rings is 3. The van der Waals surface area contributed by atoms with E-state index in [-0.39, 0.29) is 22.0 Å². The maximum atomic E-state index is 12.6. The number of rotatable bonds is 6. The zero-order chi connectivity index (χ0) is 22.9. The Morgan fingerprint density at radius 3 is 2.34 bits per heavy atom. The molecule has 0 bridgehead atoms. The quantitative estimate of drug-likeness (QED) is 0.323. The largest absolute Gasteiger partial charge is 0.451 e. The van der Waals surface area contributed by atoms with Gasteiger partial charge < -0.3 is 9.73 Å². The van der Waals surface area contributed by atoms with Crippen LogP contribution in [0, 0.1) is 17.0 Å². The number of anilines is 2. The van der Waals surface area contributed by atoms with Crippen LogP contribution in [0.15, 0.2) is 82.1 Å². The third-order valence-electron chi connectivity index (χ3n) is 4.73. The lowest BCUT2D eigenvalue weighted by Crippen LogP contribution is -2.14. The maximum Gasteiger partial charge on any atom is 0.291 e. The minimum atomic E-state index is -4.04. The number of furan rings is 1. The molecule has 0 unspecified atom stereocenters. The number of hydrogen-bond donors (Lipinski definition) is 2. The summed E-state index contributed by atoms with van der Waals surface area (Å²) < 4.78 is 33.1. The summed E-state index contributed by atoms with van der Waals surface area (Å²) >= 11 is 0. The number of fused-ring (bicyclic) bond motifs is 1. The van der Waals surface area contributed by atoms with Gasteiger partial charge in [-0.25, -0.2) is 8.42 Å². The van der Waals surface area contributed by atoms with Gasteiger partial charge in [-0.2, -0.15) is 0 Å². The Kier molecular flexibility index (Phi) is 5.37. The van der Waals surface area contributed by atoms with Crippen molar-refractivity contribution >= 4 is 44.0 Å². The van der Waals surface area contributed by atoms with Crippen LogP contribution in [0.3, 0.4) is 0 Å². The second-order valence-electron chi connectivity index (χ2n) is 6.99. The molecular formula is C22H17N3O6S. The second-order valence-corrected chi connectivity index (χ2v) is 8.67. The fraction of sp³-hybridized carbons (Fsp3) is 0.0455. The van der Waals surface area contributed by atoms with Gasteiger partial charge in [0.2, 0.25) is 0 Å². The van der Waals surface area contributed by atoms with Gasteiger partial charge in [0.15, 0.2) is 5.76 Å². The van der Waals surface area contributed by atoms with Crippen LogP contribution in [0.1, 0.15) is 16.1 Å². The Morgan fingerprint density at radius 2 is 1.66 bits per heavy atom. The first kappa shape index (κ1) is 21.1. The molecule has 4 aromatic rings. The van der Waals surface area contributed by atoms with Gasteiger partial charge in [-0.1, -0.05) is 24.3 Å². The number of hydrogen-bond acceptors (Lipinski definition) is 6. The van der Waals surface area contributed by atoms with Crippen LogP contribution < -0.4 is 10.0 Å². The van der Waals surface area contributed by atoms with E-state index in [4.69, 9.17) is 4.42 Å². The average molecular weight is 451 g/mol. The van der Waals surface area contributed by atoms with E-state index < -0.39 is 20.9 Å². The van der Waals surface area contributed by atoms with E-state index in [1.54, 1.807) is 12.1 Å². The molecule has 0 spiro atoms. The number of amides is 1. The first-order chi connectivity index (χ1) is 15.2. The molecule has 0 aliphatic heterocycles. The Morgan fingerprint density at radius 1 is 0.969 bits per heavy atom. The minimum absolute atomic E-state index is 0.150. The zero-order valence-corrected chi connectivity index (χ0v) is 17.5.